The van der Waals surface area contributed by atoms with Gasteiger partial charge in [0.25, 0.3) is 5.91 Å². The summed E-state index contributed by atoms with van der Waals surface area (Å²) in [6.07, 6.45) is 3.89. The van der Waals surface area contributed by atoms with Crippen LogP contribution >= 0.6 is 0 Å². The number of hydrogen-bond acceptors (Lipinski definition) is 4. The number of carbonyl (C=O) groups is 1. The molecule has 0 radical (unpaired) electrons. The van der Waals surface area contributed by atoms with Crippen LogP contribution in [0, 0.1) is 0 Å². The van der Waals surface area contributed by atoms with E-state index in [2.05, 4.69) is 57.4 Å². The van der Waals surface area contributed by atoms with Crippen LogP contribution in [0.15, 0.2) is 48.7 Å². The summed E-state index contributed by atoms with van der Waals surface area (Å²) >= 11 is 0. The molecule has 0 aliphatic carbocycles. The predicted octanol–water partition coefficient (Wildman–Crippen LogP) is 2.93. The van der Waals surface area contributed by atoms with E-state index in [1.165, 1.54) is 5.56 Å². The molecule has 0 unspecified atom stereocenters. The van der Waals surface area contributed by atoms with Gasteiger partial charge in [-0.3, -0.25) is 9.69 Å². The molecule has 3 rings (SSSR count). The molecule has 2 heterocycles. The van der Waals surface area contributed by atoms with Gasteiger partial charge in [-0.05, 0) is 24.1 Å². The Hall–Kier alpha value is -2.40. The van der Waals surface area contributed by atoms with Gasteiger partial charge in [0.2, 0.25) is 0 Å². The van der Waals surface area contributed by atoms with E-state index in [-0.39, 0.29) is 5.91 Å². The van der Waals surface area contributed by atoms with Gasteiger partial charge >= 0.3 is 0 Å². The quantitative estimate of drug-likeness (QED) is 0.779. The van der Waals surface area contributed by atoms with E-state index < -0.39 is 0 Å². The minimum Gasteiger partial charge on any atom is -0.368 e. The summed E-state index contributed by atoms with van der Waals surface area (Å²) < 4.78 is 0. The number of carbonyl (C=O) groups excluding carboxylic acids is 1. The first-order valence-corrected chi connectivity index (χ1v) is 9.51. The first kappa shape index (κ1) is 18.4. The van der Waals surface area contributed by atoms with Crippen LogP contribution in [0.1, 0.15) is 35.8 Å². The fourth-order valence-corrected chi connectivity index (χ4v) is 3.18. The summed E-state index contributed by atoms with van der Waals surface area (Å²) in [6.45, 7) is 7.86. The van der Waals surface area contributed by atoms with Crippen molar-refractivity contribution in [2.45, 2.75) is 26.3 Å². The molecule has 2 aromatic rings. The Balaban J connectivity index is 1.49. The number of piperazine rings is 1. The van der Waals surface area contributed by atoms with Gasteiger partial charge in [-0.2, -0.15) is 0 Å². The third-order valence-corrected chi connectivity index (χ3v) is 4.78. The molecule has 1 N–H and O–H groups in total. The molecular formula is C21H28N4O. The number of nitrogens with zero attached hydrogens (tertiary/aromatic N) is 3. The van der Waals surface area contributed by atoms with Crippen molar-refractivity contribution in [2.24, 2.45) is 0 Å². The third-order valence-electron chi connectivity index (χ3n) is 4.78. The number of aromatic nitrogens is 1. The van der Waals surface area contributed by atoms with Crippen LogP contribution in [0.3, 0.4) is 0 Å². The summed E-state index contributed by atoms with van der Waals surface area (Å²) in [5.41, 5.74) is 2.95. The number of amides is 1. The molecule has 1 aromatic heterocycles. The number of unbranched alkanes of at least 4 members (excludes halogenated alkanes) is 1. The average molecular weight is 352 g/mol. The second-order valence-electron chi connectivity index (χ2n) is 6.76. The first-order chi connectivity index (χ1) is 12.8. The standard InChI is InChI=1S/C21H28N4O/c1-2-3-11-22-21(26)20-10-9-19(16-23-20)25-14-12-24(13-15-25)17-18-7-5-4-6-8-18/h4-10,16H,2-3,11-15,17H2,1H3,(H,22,26). The lowest BCUT2D eigenvalue weighted by molar-refractivity contribution is 0.0948. The summed E-state index contributed by atoms with van der Waals surface area (Å²) in [4.78, 5) is 21.2. The Morgan fingerprint density at radius 3 is 2.50 bits per heavy atom. The van der Waals surface area contributed by atoms with Crippen LogP contribution in [0.5, 0.6) is 0 Å². The Bertz CT molecular complexity index is 679. The van der Waals surface area contributed by atoms with E-state index in [4.69, 9.17) is 0 Å². The van der Waals surface area contributed by atoms with E-state index in [1.54, 1.807) is 0 Å². The van der Waals surface area contributed by atoms with Gasteiger partial charge in [-0.15, -0.1) is 0 Å². The van der Waals surface area contributed by atoms with Crippen LogP contribution in [-0.4, -0.2) is 48.5 Å². The van der Waals surface area contributed by atoms with Crippen LogP contribution < -0.4 is 10.2 Å². The Labute approximate surface area is 156 Å². The molecule has 0 atom stereocenters. The zero-order valence-electron chi connectivity index (χ0n) is 15.5. The maximum Gasteiger partial charge on any atom is 0.269 e. The SMILES string of the molecule is CCCCNC(=O)c1ccc(N2CCN(Cc3ccccc3)CC2)cn1. The monoisotopic (exact) mass is 352 g/mol. The number of hydrogen-bond donors (Lipinski definition) is 1. The molecule has 0 spiro atoms. The average Bonchev–Trinajstić information content (AvgIpc) is 2.70. The van der Waals surface area contributed by atoms with Gasteiger partial charge in [0.15, 0.2) is 0 Å². The van der Waals surface area contributed by atoms with Crippen molar-refractivity contribution in [1.82, 2.24) is 15.2 Å². The molecule has 1 aliphatic rings. The van der Waals surface area contributed by atoms with Crippen molar-refractivity contribution in [2.75, 3.05) is 37.6 Å². The maximum absolute atomic E-state index is 12.0. The van der Waals surface area contributed by atoms with Crippen LogP contribution in [0.25, 0.3) is 0 Å². The first-order valence-electron chi connectivity index (χ1n) is 9.51. The molecule has 1 aromatic carbocycles. The minimum absolute atomic E-state index is 0.0855. The zero-order chi connectivity index (χ0) is 18.2. The van der Waals surface area contributed by atoms with Crippen molar-refractivity contribution >= 4 is 11.6 Å². The topological polar surface area (TPSA) is 48.5 Å². The van der Waals surface area contributed by atoms with Crippen molar-refractivity contribution in [1.29, 1.82) is 0 Å². The summed E-state index contributed by atoms with van der Waals surface area (Å²) in [5, 5.41) is 2.91. The molecule has 0 saturated carbocycles. The van der Waals surface area contributed by atoms with E-state index in [9.17, 15) is 4.79 Å². The summed E-state index contributed by atoms with van der Waals surface area (Å²) in [7, 11) is 0. The van der Waals surface area contributed by atoms with E-state index >= 15 is 0 Å². The lowest BCUT2D eigenvalue weighted by atomic mass is 10.2. The minimum atomic E-state index is -0.0855. The molecular weight excluding hydrogens is 324 g/mol. The largest absolute Gasteiger partial charge is 0.368 e. The third kappa shape index (κ3) is 5.05. The maximum atomic E-state index is 12.0. The Morgan fingerprint density at radius 2 is 1.85 bits per heavy atom. The van der Waals surface area contributed by atoms with Gasteiger partial charge in [0, 0.05) is 39.3 Å². The molecule has 5 heteroatoms. The number of rotatable bonds is 7. The number of anilines is 1. The molecule has 1 fully saturated rings. The molecule has 0 bridgehead atoms. The lowest BCUT2D eigenvalue weighted by Gasteiger charge is -2.36. The van der Waals surface area contributed by atoms with Crippen LogP contribution in [-0.2, 0) is 6.54 Å². The molecule has 1 amide bonds. The highest BCUT2D eigenvalue weighted by Gasteiger charge is 2.18. The van der Waals surface area contributed by atoms with Crippen molar-refractivity contribution in [3.8, 4) is 0 Å². The van der Waals surface area contributed by atoms with Gasteiger partial charge in [-0.25, -0.2) is 4.98 Å². The van der Waals surface area contributed by atoms with Gasteiger partial charge in [0.05, 0.1) is 11.9 Å². The molecule has 1 aliphatic heterocycles. The highest BCUT2D eigenvalue weighted by atomic mass is 16.1. The fourth-order valence-electron chi connectivity index (χ4n) is 3.18. The Morgan fingerprint density at radius 1 is 1.08 bits per heavy atom. The second-order valence-corrected chi connectivity index (χ2v) is 6.76. The highest BCUT2D eigenvalue weighted by Crippen LogP contribution is 2.17. The molecule has 1 saturated heterocycles. The summed E-state index contributed by atoms with van der Waals surface area (Å²) in [5.74, 6) is -0.0855. The van der Waals surface area contributed by atoms with E-state index in [1.807, 2.05) is 18.3 Å². The van der Waals surface area contributed by atoms with Crippen molar-refractivity contribution in [3.63, 3.8) is 0 Å². The fraction of sp³-hybridized carbons (Fsp3) is 0.429. The van der Waals surface area contributed by atoms with Crippen molar-refractivity contribution in [3.05, 3.63) is 59.9 Å². The zero-order valence-corrected chi connectivity index (χ0v) is 15.5. The molecule has 26 heavy (non-hydrogen) atoms. The number of pyridine rings is 1. The predicted molar refractivity (Wildman–Crippen MR) is 105 cm³/mol. The van der Waals surface area contributed by atoms with Gasteiger partial charge < -0.3 is 10.2 Å². The Kier molecular flexibility index (Phi) is 6.61. The summed E-state index contributed by atoms with van der Waals surface area (Å²) in [6, 6.07) is 14.4. The lowest BCUT2D eigenvalue weighted by Crippen LogP contribution is -2.46. The van der Waals surface area contributed by atoms with Crippen LogP contribution in [0.2, 0.25) is 0 Å². The molecule has 5 nitrogen and oxygen atoms in total. The second kappa shape index (κ2) is 9.34. The van der Waals surface area contributed by atoms with Crippen molar-refractivity contribution < 1.29 is 4.79 Å². The van der Waals surface area contributed by atoms with Gasteiger partial charge in [-0.1, -0.05) is 43.7 Å². The van der Waals surface area contributed by atoms with Crippen LogP contribution in [0.4, 0.5) is 5.69 Å². The molecule has 138 valence electrons. The normalized spacial score (nSPS) is 15.0. The van der Waals surface area contributed by atoms with Gasteiger partial charge in [0.1, 0.15) is 5.69 Å². The smallest absolute Gasteiger partial charge is 0.269 e. The highest BCUT2D eigenvalue weighted by molar-refractivity contribution is 5.92. The van der Waals surface area contributed by atoms with E-state index in [0.717, 1.165) is 51.3 Å². The number of benzene rings is 1. The number of nitrogens with one attached hydrogen (secondary N) is 1. The van der Waals surface area contributed by atoms with E-state index in [0.29, 0.717) is 12.2 Å².